The Morgan fingerprint density at radius 1 is 1.06 bits per heavy atom. The summed E-state index contributed by atoms with van der Waals surface area (Å²) >= 11 is 1.19. The van der Waals surface area contributed by atoms with E-state index in [1.807, 2.05) is 44.2 Å². The molecule has 0 saturated heterocycles. The van der Waals surface area contributed by atoms with Gasteiger partial charge in [0.25, 0.3) is 5.91 Å². The summed E-state index contributed by atoms with van der Waals surface area (Å²) in [7, 11) is 0. The first-order valence-electron chi connectivity index (χ1n) is 11.3. The molecule has 0 radical (unpaired) electrons. The number of para-hydroxylation sites is 1. The van der Waals surface area contributed by atoms with Crippen LogP contribution < -0.4 is 15.4 Å². The van der Waals surface area contributed by atoms with Crippen LogP contribution >= 0.6 is 11.8 Å². The van der Waals surface area contributed by atoms with Crippen molar-refractivity contribution in [3.63, 3.8) is 0 Å². The molecule has 0 aliphatic carbocycles. The Morgan fingerprint density at radius 2 is 1.83 bits per heavy atom. The van der Waals surface area contributed by atoms with E-state index in [0.29, 0.717) is 46.4 Å². The van der Waals surface area contributed by atoms with Gasteiger partial charge in [0.15, 0.2) is 5.16 Å². The lowest BCUT2D eigenvalue weighted by Gasteiger charge is -2.26. The number of benzene rings is 2. The van der Waals surface area contributed by atoms with Crippen LogP contribution in [0.15, 0.2) is 64.2 Å². The van der Waals surface area contributed by atoms with Crippen LogP contribution in [0, 0.1) is 13.8 Å². The molecule has 0 spiro atoms. The number of thioether (sulfide) groups is 1. The largest absolute Gasteiger partial charge is 0.493 e. The summed E-state index contributed by atoms with van der Waals surface area (Å²) in [5.41, 5.74) is 2.72. The van der Waals surface area contributed by atoms with E-state index in [9.17, 15) is 9.59 Å². The van der Waals surface area contributed by atoms with E-state index >= 15 is 0 Å². The number of carbonyl (C=O) groups excluding carboxylic acids is 2. The van der Waals surface area contributed by atoms with Crippen molar-refractivity contribution in [1.82, 2.24) is 15.3 Å². The number of anilines is 1. The maximum absolute atomic E-state index is 12.8. The summed E-state index contributed by atoms with van der Waals surface area (Å²) in [5.74, 6) is 1.56. The zero-order valence-electron chi connectivity index (χ0n) is 19.3. The Bertz CT molecular complexity index is 1400. The van der Waals surface area contributed by atoms with Crippen LogP contribution in [0.2, 0.25) is 0 Å². The minimum atomic E-state index is -0.282. The number of furan rings is 1. The van der Waals surface area contributed by atoms with Gasteiger partial charge in [-0.1, -0.05) is 48.2 Å². The summed E-state index contributed by atoms with van der Waals surface area (Å²) in [4.78, 5) is 34.6. The fourth-order valence-corrected chi connectivity index (χ4v) is 4.66. The lowest BCUT2D eigenvalue weighted by Crippen LogP contribution is -2.33. The number of carbonyl (C=O) groups is 2. The van der Waals surface area contributed by atoms with E-state index in [2.05, 4.69) is 20.6 Å². The molecule has 2 aromatic heterocycles. The van der Waals surface area contributed by atoms with Crippen molar-refractivity contribution in [3.8, 4) is 5.75 Å². The van der Waals surface area contributed by atoms with Crippen LogP contribution in [0.5, 0.6) is 5.75 Å². The van der Waals surface area contributed by atoms with Gasteiger partial charge in [-0.3, -0.25) is 9.59 Å². The molecule has 3 heterocycles. The standard InChI is InChI=1S/C26H24N4O4S/c1-15-16(2)34-25-22(15)23(28-24(32)17-8-4-3-5-9-17)29-26(30-25)35-14-21(31)27-19-12-13-33-20-11-7-6-10-18(19)20/h3-11,19H,12-14H2,1-2H3,(H,27,31)(H,28,29,30,32). The van der Waals surface area contributed by atoms with Gasteiger partial charge in [-0.25, -0.2) is 4.98 Å². The maximum atomic E-state index is 12.8. The molecular formula is C26H24N4O4S. The highest BCUT2D eigenvalue weighted by Crippen LogP contribution is 2.33. The monoisotopic (exact) mass is 488 g/mol. The average molecular weight is 489 g/mol. The van der Waals surface area contributed by atoms with Crippen LogP contribution in [-0.4, -0.2) is 34.1 Å². The van der Waals surface area contributed by atoms with E-state index in [1.54, 1.807) is 24.3 Å². The van der Waals surface area contributed by atoms with Crippen LogP contribution in [0.3, 0.4) is 0 Å². The number of ether oxygens (including phenoxy) is 1. The number of rotatable bonds is 6. The number of hydrogen-bond donors (Lipinski definition) is 2. The van der Waals surface area contributed by atoms with Gasteiger partial charge in [0.05, 0.1) is 23.8 Å². The highest BCUT2D eigenvalue weighted by Gasteiger charge is 2.23. The number of hydrogen-bond acceptors (Lipinski definition) is 7. The Kier molecular flexibility index (Phi) is 6.41. The normalized spacial score (nSPS) is 14.7. The molecule has 1 aliphatic rings. The minimum absolute atomic E-state index is 0.104. The summed E-state index contributed by atoms with van der Waals surface area (Å²) in [6, 6.07) is 16.5. The number of aryl methyl sites for hydroxylation is 2. The van der Waals surface area contributed by atoms with Gasteiger partial charge in [-0.2, -0.15) is 4.98 Å². The zero-order chi connectivity index (χ0) is 24.4. The molecular weight excluding hydrogens is 464 g/mol. The van der Waals surface area contributed by atoms with Gasteiger partial charge in [-0.05, 0) is 32.0 Å². The Balaban J connectivity index is 1.33. The van der Waals surface area contributed by atoms with Gasteiger partial charge >= 0.3 is 0 Å². The predicted molar refractivity (Wildman–Crippen MR) is 134 cm³/mol. The first kappa shape index (κ1) is 22.9. The molecule has 2 aromatic carbocycles. The van der Waals surface area contributed by atoms with E-state index in [-0.39, 0.29) is 23.6 Å². The molecule has 1 atom stereocenters. The fourth-order valence-electron chi connectivity index (χ4n) is 4.01. The summed E-state index contributed by atoms with van der Waals surface area (Å²) in [6.45, 7) is 4.29. The third-order valence-electron chi connectivity index (χ3n) is 5.90. The number of amides is 2. The van der Waals surface area contributed by atoms with E-state index < -0.39 is 0 Å². The van der Waals surface area contributed by atoms with E-state index in [4.69, 9.17) is 9.15 Å². The quantitative estimate of drug-likeness (QED) is 0.296. The molecule has 8 nitrogen and oxygen atoms in total. The third kappa shape index (κ3) is 4.85. The van der Waals surface area contributed by atoms with Crippen molar-refractivity contribution in [3.05, 3.63) is 77.0 Å². The van der Waals surface area contributed by atoms with Gasteiger partial charge in [-0.15, -0.1) is 0 Å². The summed E-state index contributed by atoms with van der Waals surface area (Å²) in [5, 5.41) is 6.95. The second kappa shape index (κ2) is 9.79. The number of aromatic nitrogens is 2. The first-order valence-corrected chi connectivity index (χ1v) is 12.3. The van der Waals surface area contributed by atoms with Gasteiger partial charge in [0, 0.05) is 23.1 Å². The molecule has 178 valence electrons. The van der Waals surface area contributed by atoms with Gasteiger partial charge in [0.1, 0.15) is 17.3 Å². The molecule has 4 aromatic rings. The SMILES string of the molecule is Cc1oc2nc(SCC(=O)NC3CCOc4ccccc43)nc(NC(=O)c3ccccc3)c2c1C. The van der Waals surface area contributed by atoms with Crippen molar-refractivity contribution in [2.75, 3.05) is 17.7 Å². The Labute approximate surface area is 206 Å². The third-order valence-corrected chi connectivity index (χ3v) is 6.75. The van der Waals surface area contributed by atoms with Crippen molar-refractivity contribution < 1.29 is 18.7 Å². The molecule has 0 fully saturated rings. The van der Waals surface area contributed by atoms with Crippen molar-refractivity contribution >= 4 is 40.5 Å². The van der Waals surface area contributed by atoms with Crippen LogP contribution in [0.25, 0.3) is 11.1 Å². The smallest absolute Gasteiger partial charge is 0.256 e. The Hall–Kier alpha value is -3.85. The van der Waals surface area contributed by atoms with E-state index in [0.717, 1.165) is 16.9 Å². The molecule has 1 aliphatic heterocycles. The number of nitrogens with one attached hydrogen (secondary N) is 2. The van der Waals surface area contributed by atoms with Crippen LogP contribution in [0.4, 0.5) is 5.82 Å². The molecule has 0 saturated carbocycles. The molecule has 9 heteroatoms. The molecule has 5 rings (SSSR count). The second-order valence-corrected chi connectivity index (χ2v) is 9.16. The predicted octanol–water partition coefficient (Wildman–Crippen LogP) is 4.82. The minimum Gasteiger partial charge on any atom is -0.493 e. The van der Waals surface area contributed by atoms with E-state index in [1.165, 1.54) is 11.8 Å². The van der Waals surface area contributed by atoms with Crippen LogP contribution in [0.1, 0.15) is 39.7 Å². The molecule has 35 heavy (non-hydrogen) atoms. The highest BCUT2D eigenvalue weighted by atomic mass is 32.2. The topological polar surface area (TPSA) is 106 Å². The average Bonchev–Trinajstić information content (AvgIpc) is 3.16. The first-order chi connectivity index (χ1) is 17.0. The van der Waals surface area contributed by atoms with Crippen molar-refractivity contribution in [2.45, 2.75) is 31.5 Å². The number of nitrogens with zero attached hydrogens (tertiary/aromatic N) is 2. The summed E-state index contributed by atoms with van der Waals surface area (Å²) < 4.78 is 11.5. The summed E-state index contributed by atoms with van der Waals surface area (Å²) in [6.07, 6.45) is 0.705. The lowest BCUT2D eigenvalue weighted by atomic mass is 10.0. The van der Waals surface area contributed by atoms with Crippen LogP contribution in [-0.2, 0) is 4.79 Å². The van der Waals surface area contributed by atoms with Gasteiger partial charge in [0.2, 0.25) is 11.6 Å². The zero-order valence-corrected chi connectivity index (χ0v) is 20.1. The molecule has 2 amide bonds. The maximum Gasteiger partial charge on any atom is 0.256 e. The Morgan fingerprint density at radius 3 is 2.66 bits per heavy atom. The molecule has 0 bridgehead atoms. The van der Waals surface area contributed by atoms with Crippen molar-refractivity contribution in [2.24, 2.45) is 0 Å². The van der Waals surface area contributed by atoms with Crippen molar-refractivity contribution in [1.29, 1.82) is 0 Å². The fraction of sp³-hybridized carbons (Fsp3) is 0.231. The lowest BCUT2D eigenvalue weighted by molar-refractivity contribution is -0.119. The molecule has 1 unspecified atom stereocenters. The second-order valence-electron chi connectivity index (χ2n) is 8.22. The molecule has 2 N–H and O–H groups in total. The number of fused-ring (bicyclic) bond motifs is 2. The highest BCUT2D eigenvalue weighted by molar-refractivity contribution is 7.99. The van der Waals surface area contributed by atoms with Gasteiger partial charge < -0.3 is 19.8 Å².